The molecule has 4 atom stereocenters. The number of carbonyl (C=O) groups is 2. The number of halogens is 5. The van der Waals surface area contributed by atoms with Crippen LogP contribution in [0.1, 0.15) is 24.9 Å². The number of ether oxygens (including phenoxy) is 2. The molecule has 0 aliphatic carbocycles. The second-order valence-electron chi connectivity index (χ2n) is 7.52. The van der Waals surface area contributed by atoms with Crippen LogP contribution >= 0.6 is 11.6 Å². The molecule has 1 aromatic heterocycles. The minimum absolute atomic E-state index is 0.00960. The number of hydrogen-bond acceptors (Lipinski definition) is 6. The lowest BCUT2D eigenvalue weighted by molar-refractivity contribution is -0.274. The summed E-state index contributed by atoms with van der Waals surface area (Å²) in [7, 11) is 0. The van der Waals surface area contributed by atoms with Gasteiger partial charge in [0.25, 0.3) is 0 Å². The summed E-state index contributed by atoms with van der Waals surface area (Å²) in [6.07, 6.45) is -0.535. The van der Waals surface area contributed by atoms with E-state index in [2.05, 4.69) is 20.0 Å². The molecule has 3 rings (SSSR count). The summed E-state index contributed by atoms with van der Waals surface area (Å²) in [6.45, 7) is 1.95. The Kier molecular flexibility index (Phi) is 8.26. The lowest BCUT2D eigenvalue weighted by Gasteiger charge is -2.33. The predicted molar refractivity (Wildman–Crippen MR) is 113 cm³/mol. The largest absolute Gasteiger partial charge is 0.573 e. The van der Waals surface area contributed by atoms with Crippen molar-refractivity contribution in [2.45, 2.75) is 37.4 Å². The molecule has 1 aromatic carbocycles. The summed E-state index contributed by atoms with van der Waals surface area (Å²) < 4.78 is 60.7. The molecule has 1 N–H and O–H groups in total. The monoisotopic (exact) mass is 504 g/mol. The SMILES string of the molecule is CC(C(=O)N(c1ccc(OC(F)(F)F)cc1)C(C(=O)NC1CCOC1)c1cncnc1)[C@H](F)Cl. The number of nitrogens with zero attached hydrogens (tertiary/aromatic N) is 3. The van der Waals surface area contributed by atoms with Gasteiger partial charge in [0.05, 0.1) is 18.6 Å². The van der Waals surface area contributed by atoms with E-state index < -0.39 is 41.5 Å². The maximum absolute atomic E-state index is 13.9. The maximum atomic E-state index is 13.9. The first-order valence-electron chi connectivity index (χ1n) is 10.2. The minimum Gasteiger partial charge on any atom is -0.406 e. The highest BCUT2D eigenvalue weighted by molar-refractivity contribution is 6.21. The molecular weight excluding hydrogens is 484 g/mol. The number of benzene rings is 1. The van der Waals surface area contributed by atoms with Gasteiger partial charge in [-0.15, -0.1) is 13.2 Å². The quantitative estimate of drug-likeness (QED) is 0.437. The molecule has 1 saturated heterocycles. The smallest absolute Gasteiger partial charge is 0.406 e. The lowest BCUT2D eigenvalue weighted by Crippen LogP contribution is -2.49. The number of hydrogen-bond donors (Lipinski definition) is 1. The summed E-state index contributed by atoms with van der Waals surface area (Å²) in [5.74, 6) is -3.43. The predicted octanol–water partition coefficient (Wildman–Crippen LogP) is 3.53. The number of alkyl halides is 5. The third kappa shape index (κ3) is 6.54. The number of nitrogens with one attached hydrogen (secondary N) is 1. The zero-order chi connectivity index (χ0) is 24.9. The van der Waals surface area contributed by atoms with Crippen LogP contribution < -0.4 is 15.0 Å². The first kappa shape index (κ1) is 25.6. The summed E-state index contributed by atoms with van der Waals surface area (Å²) in [4.78, 5) is 35.4. The first-order chi connectivity index (χ1) is 16.1. The number of amides is 2. The van der Waals surface area contributed by atoms with Gasteiger partial charge in [0.2, 0.25) is 11.8 Å². The topological polar surface area (TPSA) is 93.7 Å². The average Bonchev–Trinajstić information content (AvgIpc) is 3.29. The maximum Gasteiger partial charge on any atom is 0.573 e. The van der Waals surface area contributed by atoms with E-state index in [1.807, 2.05) is 0 Å². The molecule has 0 bridgehead atoms. The highest BCUT2D eigenvalue weighted by atomic mass is 35.5. The third-order valence-electron chi connectivity index (χ3n) is 5.03. The molecule has 2 aromatic rings. The van der Waals surface area contributed by atoms with Crippen LogP contribution in [0.4, 0.5) is 23.2 Å². The van der Waals surface area contributed by atoms with E-state index in [-0.39, 0.29) is 23.9 Å². The molecule has 2 heterocycles. The van der Waals surface area contributed by atoms with Gasteiger partial charge in [0, 0.05) is 30.3 Å². The van der Waals surface area contributed by atoms with Crippen LogP contribution in [0.3, 0.4) is 0 Å². The number of aromatic nitrogens is 2. The van der Waals surface area contributed by atoms with Crippen LogP contribution in [0.15, 0.2) is 43.0 Å². The van der Waals surface area contributed by atoms with Gasteiger partial charge >= 0.3 is 6.36 Å². The molecule has 8 nitrogen and oxygen atoms in total. The Balaban J connectivity index is 2.04. The van der Waals surface area contributed by atoms with E-state index in [0.29, 0.717) is 13.0 Å². The molecule has 34 heavy (non-hydrogen) atoms. The van der Waals surface area contributed by atoms with E-state index in [4.69, 9.17) is 16.3 Å². The van der Waals surface area contributed by atoms with Crippen molar-refractivity contribution in [1.29, 1.82) is 0 Å². The van der Waals surface area contributed by atoms with Crippen LogP contribution in [0.5, 0.6) is 5.75 Å². The van der Waals surface area contributed by atoms with Gasteiger partial charge in [-0.1, -0.05) is 11.6 Å². The minimum atomic E-state index is -4.92. The number of carbonyl (C=O) groups excluding carboxylic acids is 2. The number of rotatable bonds is 8. The van der Waals surface area contributed by atoms with Crippen LogP contribution in [-0.2, 0) is 14.3 Å². The Bertz CT molecular complexity index is 973. The molecule has 1 aliphatic heterocycles. The van der Waals surface area contributed by atoms with E-state index in [9.17, 15) is 27.2 Å². The van der Waals surface area contributed by atoms with Gasteiger partial charge in [-0.3, -0.25) is 14.5 Å². The molecular formula is C21H21ClF4N4O4. The van der Waals surface area contributed by atoms with Crippen molar-refractivity contribution in [3.05, 3.63) is 48.5 Å². The molecule has 0 spiro atoms. The second-order valence-corrected chi connectivity index (χ2v) is 7.93. The summed E-state index contributed by atoms with van der Waals surface area (Å²) in [5, 5.41) is 2.78. The van der Waals surface area contributed by atoms with Crippen molar-refractivity contribution in [1.82, 2.24) is 15.3 Å². The van der Waals surface area contributed by atoms with Crippen LogP contribution in [0.2, 0.25) is 0 Å². The first-order valence-corrected chi connectivity index (χ1v) is 10.6. The van der Waals surface area contributed by atoms with Gasteiger partial charge in [-0.25, -0.2) is 14.4 Å². The van der Waals surface area contributed by atoms with Crippen LogP contribution in [0, 0.1) is 5.92 Å². The van der Waals surface area contributed by atoms with E-state index in [1.54, 1.807) is 0 Å². The van der Waals surface area contributed by atoms with E-state index in [1.165, 1.54) is 25.6 Å². The molecule has 184 valence electrons. The normalized spacial score (nSPS) is 18.6. The lowest BCUT2D eigenvalue weighted by atomic mass is 10.0. The van der Waals surface area contributed by atoms with Gasteiger partial charge in [0.1, 0.15) is 18.1 Å². The standard InChI is InChI=1S/C21H21ClF4N4O4/c1-12(18(22)23)20(32)30(15-2-4-16(5-3-15)34-21(24,25)26)17(13-8-27-11-28-9-13)19(31)29-14-6-7-33-10-14/h2-5,8-9,11-12,14,17-18H,6-7,10H2,1H3,(H,29,31)/t12?,14?,17?,18-/m0/s1. The highest BCUT2D eigenvalue weighted by Gasteiger charge is 2.38. The Hall–Kier alpha value is -2.99. The van der Waals surface area contributed by atoms with Crippen molar-refractivity contribution in [3.63, 3.8) is 0 Å². The fourth-order valence-corrected chi connectivity index (χ4v) is 3.44. The summed E-state index contributed by atoms with van der Waals surface area (Å²) in [6, 6.07) is 2.55. The zero-order valence-corrected chi connectivity index (χ0v) is 18.6. The van der Waals surface area contributed by atoms with Gasteiger partial charge in [-0.05, 0) is 37.6 Å². The molecule has 3 unspecified atom stereocenters. The zero-order valence-electron chi connectivity index (χ0n) is 17.8. The van der Waals surface area contributed by atoms with E-state index in [0.717, 1.165) is 29.2 Å². The second kappa shape index (κ2) is 11.0. The fraction of sp³-hybridized carbons (Fsp3) is 0.429. The van der Waals surface area contributed by atoms with Crippen molar-refractivity contribution in [3.8, 4) is 5.75 Å². The van der Waals surface area contributed by atoms with E-state index >= 15 is 0 Å². The van der Waals surface area contributed by atoms with Gasteiger partial charge in [0.15, 0.2) is 5.63 Å². The average molecular weight is 505 g/mol. The third-order valence-corrected chi connectivity index (χ3v) is 5.41. The molecule has 0 radical (unpaired) electrons. The number of anilines is 1. The van der Waals surface area contributed by atoms with Crippen molar-refractivity contribution in [2.24, 2.45) is 5.92 Å². The Morgan fingerprint density at radius 3 is 2.41 bits per heavy atom. The van der Waals surface area contributed by atoms with Crippen LogP contribution in [-0.4, -0.2) is 53.0 Å². The molecule has 13 heteroatoms. The van der Waals surface area contributed by atoms with Crippen molar-refractivity contribution in [2.75, 3.05) is 18.1 Å². The molecule has 1 aliphatic rings. The Labute approximate surface area is 197 Å². The molecule has 1 fully saturated rings. The Morgan fingerprint density at radius 1 is 1.24 bits per heavy atom. The Morgan fingerprint density at radius 2 is 1.88 bits per heavy atom. The van der Waals surface area contributed by atoms with Crippen LogP contribution in [0.25, 0.3) is 0 Å². The molecule has 2 amide bonds. The summed E-state index contributed by atoms with van der Waals surface area (Å²) in [5.41, 5.74) is -1.88. The van der Waals surface area contributed by atoms with Gasteiger partial charge in [-0.2, -0.15) is 0 Å². The summed E-state index contributed by atoms with van der Waals surface area (Å²) >= 11 is 5.52. The molecule has 0 saturated carbocycles. The van der Waals surface area contributed by atoms with Gasteiger partial charge < -0.3 is 14.8 Å². The van der Waals surface area contributed by atoms with Crippen molar-refractivity contribution < 1.29 is 36.6 Å². The van der Waals surface area contributed by atoms with Crippen molar-refractivity contribution >= 4 is 29.1 Å². The highest BCUT2D eigenvalue weighted by Crippen LogP contribution is 2.33. The fourth-order valence-electron chi connectivity index (χ4n) is 3.34.